The number of hydrogen-bond donors (Lipinski definition) is 1. The zero-order chi connectivity index (χ0) is 22.0. The first kappa shape index (κ1) is 22.5. The van der Waals surface area contributed by atoms with Crippen molar-refractivity contribution < 1.29 is 13.2 Å². The SMILES string of the molecule is Cc1ccc(S(=O)(=O)NN=C2C[C@]34CCCCCCCCCC[C@@]3(CC(=O)C4)C2)cc1. The zero-order valence-corrected chi connectivity index (χ0v) is 19.6. The van der Waals surface area contributed by atoms with Gasteiger partial charge < -0.3 is 0 Å². The van der Waals surface area contributed by atoms with Gasteiger partial charge in [0.1, 0.15) is 5.78 Å². The van der Waals surface area contributed by atoms with Crippen LogP contribution in [0.15, 0.2) is 34.3 Å². The van der Waals surface area contributed by atoms with E-state index < -0.39 is 10.0 Å². The van der Waals surface area contributed by atoms with Gasteiger partial charge in [-0.25, -0.2) is 4.83 Å². The Labute approximate surface area is 187 Å². The molecule has 6 heteroatoms. The number of ketones is 1. The third-order valence-electron chi connectivity index (χ3n) is 8.00. The molecule has 0 spiro atoms. The van der Waals surface area contributed by atoms with Crippen molar-refractivity contribution >= 4 is 21.5 Å². The Hall–Kier alpha value is -1.69. The molecule has 1 aromatic carbocycles. The van der Waals surface area contributed by atoms with E-state index in [9.17, 15) is 13.2 Å². The first-order valence-corrected chi connectivity index (χ1v) is 13.5. The molecule has 3 aliphatic carbocycles. The number of nitrogens with zero attached hydrogens (tertiary/aromatic N) is 1. The van der Waals surface area contributed by atoms with Gasteiger partial charge in [-0.1, -0.05) is 69.1 Å². The van der Waals surface area contributed by atoms with E-state index in [1.165, 1.54) is 38.5 Å². The number of hydrazone groups is 1. The summed E-state index contributed by atoms with van der Waals surface area (Å²) in [5.41, 5.74) is 1.92. The number of rotatable bonds is 3. The number of carbonyl (C=O) groups excluding carboxylic acids is 1. The second-order valence-electron chi connectivity index (χ2n) is 10.2. The topological polar surface area (TPSA) is 75.6 Å². The van der Waals surface area contributed by atoms with Crippen molar-refractivity contribution in [3.05, 3.63) is 29.8 Å². The highest BCUT2D eigenvalue weighted by molar-refractivity contribution is 7.89. The smallest absolute Gasteiger partial charge is 0.276 e. The van der Waals surface area contributed by atoms with Crippen LogP contribution in [0.2, 0.25) is 0 Å². The fourth-order valence-electron chi connectivity index (χ4n) is 6.38. The van der Waals surface area contributed by atoms with E-state index in [0.717, 1.165) is 49.8 Å². The molecule has 0 unspecified atom stereocenters. The lowest BCUT2D eigenvalue weighted by Gasteiger charge is -2.40. The summed E-state index contributed by atoms with van der Waals surface area (Å²) in [6.07, 6.45) is 15.0. The van der Waals surface area contributed by atoms with Gasteiger partial charge in [-0.05, 0) is 55.6 Å². The van der Waals surface area contributed by atoms with E-state index in [0.29, 0.717) is 18.6 Å². The normalized spacial score (nSPS) is 30.1. The maximum absolute atomic E-state index is 12.7. The average Bonchev–Trinajstić information content (AvgIpc) is 3.13. The minimum atomic E-state index is -3.68. The van der Waals surface area contributed by atoms with E-state index in [2.05, 4.69) is 9.93 Å². The number of aryl methyl sites for hydroxylation is 1. The summed E-state index contributed by atoms with van der Waals surface area (Å²) >= 11 is 0. The third kappa shape index (κ3) is 4.74. The molecule has 1 aromatic rings. The summed E-state index contributed by atoms with van der Waals surface area (Å²) in [5, 5.41) is 4.43. The number of nitrogens with one attached hydrogen (secondary N) is 1. The largest absolute Gasteiger partial charge is 0.300 e. The maximum Gasteiger partial charge on any atom is 0.276 e. The minimum absolute atomic E-state index is 0.0165. The molecule has 4 rings (SSSR count). The quantitative estimate of drug-likeness (QED) is 0.610. The molecule has 0 bridgehead atoms. The molecular weight excluding hydrogens is 408 g/mol. The van der Waals surface area contributed by atoms with Crippen molar-refractivity contribution in [3.63, 3.8) is 0 Å². The molecule has 0 heterocycles. The Balaban J connectivity index is 1.56. The van der Waals surface area contributed by atoms with Gasteiger partial charge in [0, 0.05) is 18.6 Å². The van der Waals surface area contributed by atoms with Crippen LogP contribution in [0.3, 0.4) is 0 Å². The molecule has 0 radical (unpaired) electrons. The Morgan fingerprint density at radius 2 is 1.26 bits per heavy atom. The first-order valence-electron chi connectivity index (χ1n) is 12.0. The van der Waals surface area contributed by atoms with E-state index >= 15 is 0 Å². The second kappa shape index (κ2) is 9.05. The monoisotopic (exact) mass is 444 g/mol. The fraction of sp³-hybridized carbons (Fsp3) is 0.680. The summed E-state index contributed by atoms with van der Waals surface area (Å²) in [4.78, 5) is 15.4. The highest BCUT2D eigenvalue weighted by Gasteiger charge is 2.61. The molecule has 31 heavy (non-hydrogen) atoms. The van der Waals surface area contributed by atoms with Gasteiger partial charge in [0.05, 0.1) is 4.90 Å². The van der Waals surface area contributed by atoms with Gasteiger partial charge in [0.25, 0.3) is 10.0 Å². The number of sulfonamides is 1. The Morgan fingerprint density at radius 3 is 1.77 bits per heavy atom. The highest BCUT2D eigenvalue weighted by Crippen LogP contribution is 2.65. The lowest BCUT2D eigenvalue weighted by atomic mass is 9.63. The Morgan fingerprint density at radius 1 is 0.774 bits per heavy atom. The van der Waals surface area contributed by atoms with Crippen LogP contribution in [-0.2, 0) is 14.8 Å². The van der Waals surface area contributed by atoms with Crippen LogP contribution in [0.25, 0.3) is 0 Å². The predicted molar refractivity (Wildman–Crippen MR) is 123 cm³/mol. The van der Waals surface area contributed by atoms with Crippen LogP contribution in [0, 0.1) is 17.8 Å². The predicted octanol–water partition coefficient (Wildman–Crippen LogP) is 5.67. The van der Waals surface area contributed by atoms with Gasteiger partial charge in [-0.15, -0.1) is 0 Å². The lowest BCUT2D eigenvalue weighted by molar-refractivity contribution is -0.118. The zero-order valence-electron chi connectivity index (χ0n) is 18.8. The van der Waals surface area contributed by atoms with Gasteiger partial charge in [-0.2, -0.15) is 13.5 Å². The van der Waals surface area contributed by atoms with Gasteiger partial charge >= 0.3 is 0 Å². The fourth-order valence-corrected chi connectivity index (χ4v) is 7.23. The van der Waals surface area contributed by atoms with Crippen LogP contribution >= 0.6 is 0 Å². The molecule has 1 N–H and O–H groups in total. The molecule has 0 aromatic heterocycles. The number of benzene rings is 1. The van der Waals surface area contributed by atoms with E-state index in [1.54, 1.807) is 24.3 Å². The highest BCUT2D eigenvalue weighted by atomic mass is 32.2. The number of hydrogen-bond acceptors (Lipinski definition) is 4. The summed E-state index contributed by atoms with van der Waals surface area (Å²) < 4.78 is 25.4. The van der Waals surface area contributed by atoms with Crippen LogP contribution in [-0.4, -0.2) is 19.9 Å². The Bertz CT molecular complexity index is 904. The van der Waals surface area contributed by atoms with E-state index in [-0.39, 0.29) is 15.7 Å². The van der Waals surface area contributed by atoms with Gasteiger partial charge in [0.15, 0.2) is 0 Å². The van der Waals surface area contributed by atoms with E-state index in [4.69, 9.17) is 0 Å². The van der Waals surface area contributed by atoms with Crippen LogP contribution in [0.1, 0.15) is 95.5 Å². The molecular formula is C25H36N2O3S. The number of Topliss-reactive ketones (excluding diaryl/α,β-unsaturated/α-hetero) is 1. The van der Waals surface area contributed by atoms with Crippen LogP contribution in [0.4, 0.5) is 0 Å². The first-order chi connectivity index (χ1) is 14.8. The summed E-state index contributed by atoms with van der Waals surface area (Å²) in [6.45, 7) is 1.93. The molecule has 2 atom stereocenters. The maximum atomic E-state index is 12.7. The summed E-state index contributed by atoms with van der Waals surface area (Å²) in [5.74, 6) is 0.397. The molecule has 0 aliphatic heterocycles. The molecule has 3 aliphatic rings. The number of carbonyl (C=O) groups is 1. The molecule has 170 valence electrons. The van der Waals surface area contributed by atoms with E-state index in [1.807, 2.05) is 6.92 Å². The average molecular weight is 445 g/mol. The van der Waals surface area contributed by atoms with Crippen LogP contribution < -0.4 is 4.83 Å². The third-order valence-corrected chi connectivity index (χ3v) is 9.22. The molecule has 3 fully saturated rings. The Kier molecular flexibility index (Phi) is 6.57. The van der Waals surface area contributed by atoms with Crippen molar-refractivity contribution in [2.24, 2.45) is 15.9 Å². The standard InChI is InChI=1S/C25H36N2O3S/c1-20-10-12-23(13-11-20)31(29,30)27-26-21-16-24-14-8-6-4-2-3-5-7-9-15-25(24,17-21)19-22(28)18-24/h10-13,27H,2-9,14-19H2,1H3/t24-,25-/m0/s1. The van der Waals surface area contributed by atoms with Crippen molar-refractivity contribution in [1.82, 2.24) is 4.83 Å². The van der Waals surface area contributed by atoms with Gasteiger partial charge in [-0.3, -0.25) is 4.79 Å². The van der Waals surface area contributed by atoms with Crippen LogP contribution in [0.5, 0.6) is 0 Å². The van der Waals surface area contributed by atoms with Crippen molar-refractivity contribution in [2.75, 3.05) is 0 Å². The molecule has 5 nitrogen and oxygen atoms in total. The van der Waals surface area contributed by atoms with Crippen molar-refractivity contribution in [2.45, 2.75) is 102 Å². The molecule has 0 saturated heterocycles. The summed E-state index contributed by atoms with van der Waals surface area (Å²) in [6, 6.07) is 6.82. The minimum Gasteiger partial charge on any atom is -0.300 e. The lowest BCUT2D eigenvalue weighted by Crippen LogP contribution is -2.32. The molecule has 3 saturated carbocycles. The van der Waals surface area contributed by atoms with Crippen molar-refractivity contribution in [1.29, 1.82) is 0 Å². The summed E-state index contributed by atoms with van der Waals surface area (Å²) in [7, 11) is -3.68. The van der Waals surface area contributed by atoms with Crippen molar-refractivity contribution in [3.8, 4) is 0 Å². The molecule has 0 amide bonds. The van der Waals surface area contributed by atoms with Gasteiger partial charge in [0.2, 0.25) is 0 Å². The second-order valence-corrected chi connectivity index (χ2v) is 11.9.